The van der Waals surface area contributed by atoms with Crippen molar-refractivity contribution in [1.29, 1.82) is 0 Å². The highest BCUT2D eigenvalue weighted by atomic mass is 28.4. The van der Waals surface area contributed by atoms with E-state index in [-0.39, 0.29) is 34.5 Å². The molecule has 1 aromatic heterocycles. The van der Waals surface area contributed by atoms with Gasteiger partial charge in [-0.05, 0) is 97.0 Å². The van der Waals surface area contributed by atoms with Crippen molar-refractivity contribution in [2.24, 2.45) is 11.8 Å². The first-order valence-electron chi connectivity index (χ1n) is 19.0. The number of ether oxygens (including phenoxy) is 1. The number of carbonyl (C=O) groups is 2. The fourth-order valence-electron chi connectivity index (χ4n) is 7.94. The fraction of sp³-hybridized carbons (Fsp3) is 0.488. The van der Waals surface area contributed by atoms with Gasteiger partial charge < -0.3 is 24.8 Å². The maximum Gasteiger partial charge on any atom is 0.407 e. The summed E-state index contributed by atoms with van der Waals surface area (Å²) >= 11 is 0. The second kappa shape index (κ2) is 16.8. The lowest BCUT2D eigenvalue weighted by Crippen LogP contribution is -2.67. The van der Waals surface area contributed by atoms with Crippen LogP contribution in [0.2, 0.25) is 5.04 Å². The Balaban J connectivity index is 1.36. The van der Waals surface area contributed by atoms with Gasteiger partial charge in [-0.2, -0.15) is 0 Å². The summed E-state index contributed by atoms with van der Waals surface area (Å²) in [6.45, 7) is 15.7. The van der Waals surface area contributed by atoms with Gasteiger partial charge in [-0.1, -0.05) is 108 Å². The number of aromatic amines is 1. The van der Waals surface area contributed by atoms with Crippen molar-refractivity contribution in [3.05, 3.63) is 95.9 Å². The van der Waals surface area contributed by atoms with Gasteiger partial charge in [0.15, 0.2) is 0 Å². The number of aromatic nitrogens is 1. The number of amides is 2. The molecule has 3 aromatic carbocycles. The Morgan fingerprint density at radius 2 is 1.48 bits per heavy atom. The van der Waals surface area contributed by atoms with Crippen LogP contribution < -0.4 is 21.0 Å². The molecule has 5 rings (SSSR count). The van der Waals surface area contributed by atoms with Crippen LogP contribution in [-0.4, -0.2) is 50.6 Å². The average molecular weight is 728 g/mol. The first kappa shape index (κ1) is 39.3. The average Bonchev–Trinajstić information content (AvgIpc) is 3.48. The van der Waals surface area contributed by atoms with Crippen LogP contribution in [0.25, 0.3) is 10.9 Å². The highest BCUT2D eigenvalue weighted by Gasteiger charge is 2.50. The van der Waals surface area contributed by atoms with E-state index >= 15 is 0 Å². The predicted octanol–water partition coefficient (Wildman–Crippen LogP) is 8.83. The largest absolute Gasteiger partial charge is 0.444 e. The highest BCUT2D eigenvalue weighted by molar-refractivity contribution is 6.99. The molecule has 3 N–H and O–H groups in total. The van der Waals surface area contributed by atoms with Crippen LogP contribution in [0.1, 0.15) is 109 Å². The van der Waals surface area contributed by atoms with Gasteiger partial charge in [-0.15, -0.1) is 0 Å². The van der Waals surface area contributed by atoms with E-state index in [4.69, 9.17) is 9.16 Å². The third kappa shape index (κ3) is 9.52. The summed E-state index contributed by atoms with van der Waals surface area (Å²) in [6.07, 6.45) is 5.64. The molecule has 2 atom stereocenters. The van der Waals surface area contributed by atoms with Crippen LogP contribution >= 0.6 is 0 Å². The molecule has 1 unspecified atom stereocenters. The fourth-order valence-corrected chi connectivity index (χ4v) is 12.6. The topological polar surface area (TPSA) is 92.5 Å². The number of hydrogen-bond donors (Lipinski definition) is 3. The van der Waals surface area contributed by atoms with Crippen LogP contribution in [0.4, 0.5) is 9.18 Å². The standard InChI is InChI=1S/C43H58FN3O4Si/c1-30(27-45-40(48)39-38(32-17-11-8-12-18-32)36-26-33(44)23-24-37(36)47-39)25-31(28-46-41(49)51-42(2,3)4)29-50-52(43(5,6)7,34-19-13-9-14-20-34)35-21-15-10-16-22-35/h9-10,13-16,19-24,26,30-32,47H,8,11-12,17-18,25,27-29H2,1-7H3,(H,45,48)(H,46,49)/t30-,31?/m1/s1. The van der Waals surface area contributed by atoms with Gasteiger partial charge in [0.1, 0.15) is 17.1 Å². The zero-order valence-electron chi connectivity index (χ0n) is 32.1. The maximum absolute atomic E-state index is 14.4. The lowest BCUT2D eigenvalue weighted by molar-refractivity contribution is 0.0510. The van der Waals surface area contributed by atoms with Crippen molar-refractivity contribution in [3.8, 4) is 0 Å². The Morgan fingerprint density at radius 3 is 2.06 bits per heavy atom. The smallest absolute Gasteiger partial charge is 0.407 e. The van der Waals surface area contributed by atoms with E-state index in [0.717, 1.165) is 42.1 Å². The highest BCUT2D eigenvalue weighted by Crippen LogP contribution is 2.39. The van der Waals surface area contributed by atoms with Crippen molar-refractivity contribution < 1.29 is 23.1 Å². The molecule has 1 saturated carbocycles. The molecule has 1 heterocycles. The van der Waals surface area contributed by atoms with Crippen LogP contribution in [0.3, 0.4) is 0 Å². The van der Waals surface area contributed by atoms with Crippen molar-refractivity contribution in [2.45, 2.75) is 104 Å². The lowest BCUT2D eigenvalue weighted by atomic mass is 9.82. The number of H-pyrrole nitrogens is 1. The van der Waals surface area contributed by atoms with Crippen molar-refractivity contribution >= 4 is 41.6 Å². The second-order valence-electron chi connectivity index (χ2n) is 16.7. The first-order valence-corrected chi connectivity index (χ1v) is 20.9. The van der Waals surface area contributed by atoms with Crippen molar-refractivity contribution in [2.75, 3.05) is 19.7 Å². The Morgan fingerprint density at radius 1 is 0.865 bits per heavy atom. The summed E-state index contributed by atoms with van der Waals surface area (Å²) in [4.78, 5) is 30.0. The van der Waals surface area contributed by atoms with E-state index < -0.39 is 20.0 Å². The SMILES string of the molecule is C[C@@H](CNC(=O)c1[nH]c2ccc(F)cc2c1C1CCCCC1)CC(CNC(=O)OC(C)(C)C)CO[Si](c1ccccc1)(c1ccccc1)C(C)(C)C. The minimum Gasteiger partial charge on any atom is -0.444 e. The molecule has 0 aliphatic heterocycles. The summed E-state index contributed by atoms with van der Waals surface area (Å²) in [5.74, 6) is -0.233. The van der Waals surface area contributed by atoms with E-state index in [2.05, 4.69) is 91.8 Å². The second-order valence-corrected chi connectivity index (χ2v) is 21.0. The number of carbonyl (C=O) groups excluding carboxylic acids is 2. The number of benzene rings is 3. The molecule has 280 valence electrons. The van der Waals surface area contributed by atoms with Gasteiger partial charge >= 0.3 is 6.09 Å². The monoisotopic (exact) mass is 727 g/mol. The summed E-state index contributed by atoms with van der Waals surface area (Å²) < 4.78 is 27.3. The Labute approximate surface area is 310 Å². The molecule has 0 bridgehead atoms. The van der Waals surface area contributed by atoms with Crippen LogP contribution in [0.5, 0.6) is 0 Å². The van der Waals surface area contributed by atoms with Gasteiger partial charge in [0.25, 0.3) is 14.2 Å². The summed E-state index contributed by atoms with van der Waals surface area (Å²) in [5, 5.41) is 9.20. The molecule has 1 aliphatic rings. The van der Waals surface area contributed by atoms with Crippen LogP contribution in [-0.2, 0) is 9.16 Å². The number of fused-ring (bicyclic) bond motifs is 1. The lowest BCUT2D eigenvalue weighted by Gasteiger charge is -2.44. The minimum atomic E-state index is -2.83. The first-order chi connectivity index (χ1) is 24.7. The number of nitrogens with one attached hydrogen (secondary N) is 3. The third-order valence-corrected chi connectivity index (χ3v) is 15.3. The minimum absolute atomic E-state index is 0.0603. The number of alkyl carbamates (subject to hydrolysis) is 1. The number of rotatable bonds is 13. The van der Waals surface area contributed by atoms with Gasteiger partial charge in [0.05, 0.1) is 0 Å². The molecular weight excluding hydrogens is 670 g/mol. The molecule has 52 heavy (non-hydrogen) atoms. The molecule has 9 heteroatoms. The normalized spacial score (nSPS) is 15.6. The number of hydrogen-bond acceptors (Lipinski definition) is 4. The van der Waals surface area contributed by atoms with E-state index in [0.29, 0.717) is 31.8 Å². The van der Waals surface area contributed by atoms with Crippen LogP contribution in [0.15, 0.2) is 78.9 Å². The Bertz CT molecular complexity index is 1740. The molecule has 0 radical (unpaired) electrons. The van der Waals surface area contributed by atoms with Crippen molar-refractivity contribution in [1.82, 2.24) is 15.6 Å². The summed E-state index contributed by atoms with van der Waals surface area (Å²) in [5.41, 5.74) is 1.65. The molecule has 1 aliphatic carbocycles. The zero-order valence-corrected chi connectivity index (χ0v) is 33.1. The maximum atomic E-state index is 14.4. The number of halogens is 1. The van der Waals surface area contributed by atoms with Gasteiger partial charge in [0.2, 0.25) is 0 Å². The third-order valence-electron chi connectivity index (χ3n) is 10.3. The molecule has 0 saturated heterocycles. The van der Waals surface area contributed by atoms with Gasteiger partial charge in [0, 0.05) is 30.6 Å². The molecule has 0 spiro atoms. The van der Waals surface area contributed by atoms with E-state index in [9.17, 15) is 14.0 Å². The predicted molar refractivity (Wildman–Crippen MR) is 211 cm³/mol. The van der Waals surface area contributed by atoms with E-state index in [1.54, 1.807) is 12.1 Å². The summed E-state index contributed by atoms with van der Waals surface area (Å²) in [6, 6.07) is 25.8. The van der Waals surface area contributed by atoms with Crippen LogP contribution in [0, 0.1) is 17.7 Å². The molecule has 4 aromatic rings. The Kier molecular flexibility index (Phi) is 12.7. The molecule has 1 fully saturated rings. The molecule has 2 amide bonds. The van der Waals surface area contributed by atoms with Gasteiger partial charge in [-0.3, -0.25) is 4.79 Å². The molecule has 7 nitrogen and oxygen atoms in total. The van der Waals surface area contributed by atoms with Gasteiger partial charge in [-0.25, -0.2) is 9.18 Å². The summed E-state index contributed by atoms with van der Waals surface area (Å²) in [7, 11) is -2.83. The quantitative estimate of drug-likeness (QED) is 0.120. The molecular formula is C43H58FN3O4Si. The zero-order chi connectivity index (χ0) is 37.5. The van der Waals surface area contributed by atoms with Crippen molar-refractivity contribution in [3.63, 3.8) is 0 Å². The Hall–Kier alpha value is -3.95. The van der Waals surface area contributed by atoms with E-state index in [1.165, 1.54) is 22.9 Å². The van der Waals surface area contributed by atoms with E-state index in [1.807, 2.05) is 32.9 Å².